The van der Waals surface area contributed by atoms with E-state index in [9.17, 15) is 19.8 Å². The Bertz CT molecular complexity index is 867. The second-order valence-electron chi connectivity index (χ2n) is 19.3. The van der Waals surface area contributed by atoms with Crippen LogP contribution in [0.5, 0.6) is 0 Å². The highest BCUT2D eigenvalue weighted by Gasteiger charge is 2.20. The molecule has 1 amide bonds. The molecule has 0 aliphatic carbocycles. The molecule has 0 aliphatic rings. The zero-order valence-electron chi connectivity index (χ0n) is 41.4. The number of rotatable bonds is 52. The van der Waals surface area contributed by atoms with Crippen LogP contribution < -0.4 is 5.32 Å². The summed E-state index contributed by atoms with van der Waals surface area (Å²) < 4.78 is 5.46. The number of carbonyl (C=O) groups excluding carboxylic acids is 2. The molecule has 0 fully saturated rings. The lowest BCUT2D eigenvalue weighted by Crippen LogP contribution is -2.45. The van der Waals surface area contributed by atoms with E-state index in [1.165, 1.54) is 225 Å². The normalized spacial score (nSPS) is 12.5. The number of hydrogen-bond donors (Lipinski definition) is 3. The van der Waals surface area contributed by atoms with Gasteiger partial charge in [0.1, 0.15) is 0 Å². The molecule has 364 valence electrons. The lowest BCUT2D eigenvalue weighted by molar-refractivity contribution is -0.143. The van der Waals surface area contributed by atoms with E-state index in [1.54, 1.807) is 0 Å². The van der Waals surface area contributed by atoms with Gasteiger partial charge in [0.05, 0.1) is 25.4 Å². The third kappa shape index (κ3) is 48.2. The fourth-order valence-corrected chi connectivity index (χ4v) is 8.88. The lowest BCUT2D eigenvalue weighted by atomic mass is 10.0. The summed E-state index contributed by atoms with van der Waals surface area (Å²) in [6.07, 6.45) is 57.9. The van der Waals surface area contributed by atoms with Gasteiger partial charge < -0.3 is 20.3 Å². The first kappa shape index (κ1) is 59.9. The van der Waals surface area contributed by atoms with Crippen molar-refractivity contribution in [2.24, 2.45) is 0 Å². The number of unbranched alkanes of at least 4 members (excludes halogenated alkanes) is 41. The smallest absolute Gasteiger partial charge is 0.305 e. The molecule has 0 aromatic carbocycles. The summed E-state index contributed by atoms with van der Waals surface area (Å²) in [7, 11) is 0. The molecule has 61 heavy (non-hydrogen) atoms. The number of esters is 1. The Balaban J connectivity index is 3.45. The van der Waals surface area contributed by atoms with Crippen molar-refractivity contribution in [2.75, 3.05) is 13.2 Å². The van der Waals surface area contributed by atoms with E-state index < -0.39 is 12.1 Å². The van der Waals surface area contributed by atoms with Crippen molar-refractivity contribution in [1.29, 1.82) is 0 Å². The molecule has 0 spiro atoms. The van der Waals surface area contributed by atoms with Crippen LogP contribution in [-0.4, -0.2) is 47.4 Å². The molecule has 0 heterocycles. The van der Waals surface area contributed by atoms with Crippen molar-refractivity contribution in [3.05, 3.63) is 0 Å². The minimum Gasteiger partial charge on any atom is -0.466 e. The van der Waals surface area contributed by atoms with Gasteiger partial charge >= 0.3 is 5.97 Å². The molecular formula is C55H109NO5. The molecule has 2 unspecified atom stereocenters. The Morgan fingerprint density at radius 1 is 0.393 bits per heavy atom. The molecule has 0 saturated heterocycles. The Kier molecular flexibility index (Phi) is 50.5. The predicted molar refractivity (Wildman–Crippen MR) is 264 cm³/mol. The minimum absolute atomic E-state index is 0.0108. The highest BCUT2D eigenvalue weighted by Crippen LogP contribution is 2.18. The van der Waals surface area contributed by atoms with Crippen molar-refractivity contribution in [2.45, 2.75) is 328 Å². The average Bonchev–Trinajstić information content (AvgIpc) is 3.26. The number of amides is 1. The molecule has 0 radical (unpaired) electrons. The minimum atomic E-state index is -0.675. The SMILES string of the molecule is CCCCCCCCCCCCCCCCCCCCCCC(O)C(CO)NC(=O)CCCCCCCCCCCCCOC(=O)CCCCCCCCCCCCCCC. The Morgan fingerprint density at radius 2 is 0.672 bits per heavy atom. The molecule has 6 nitrogen and oxygen atoms in total. The predicted octanol–water partition coefficient (Wildman–Crippen LogP) is 16.7. The zero-order chi connectivity index (χ0) is 44.4. The second kappa shape index (κ2) is 51.5. The maximum Gasteiger partial charge on any atom is 0.305 e. The van der Waals surface area contributed by atoms with Crippen LogP contribution in [0.1, 0.15) is 316 Å². The summed E-state index contributed by atoms with van der Waals surface area (Å²) in [6.45, 7) is 4.94. The largest absolute Gasteiger partial charge is 0.466 e. The molecular weight excluding hydrogens is 755 g/mol. The van der Waals surface area contributed by atoms with Crippen LogP contribution in [0.2, 0.25) is 0 Å². The summed E-state index contributed by atoms with van der Waals surface area (Å²) in [5, 5.41) is 23.3. The topological polar surface area (TPSA) is 95.9 Å². The summed E-state index contributed by atoms with van der Waals surface area (Å²) >= 11 is 0. The molecule has 0 aromatic rings. The maximum absolute atomic E-state index is 12.5. The van der Waals surface area contributed by atoms with Gasteiger partial charge in [-0.25, -0.2) is 0 Å². The van der Waals surface area contributed by atoms with E-state index in [-0.39, 0.29) is 18.5 Å². The van der Waals surface area contributed by atoms with Crippen molar-refractivity contribution in [3.63, 3.8) is 0 Å². The number of nitrogens with one attached hydrogen (secondary N) is 1. The summed E-state index contributed by atoms with van der Waals surface area (Å²) in [5.41, 5.74) is 0. The van der Waals surface area contributed by atoms with Crippen LogP contribution in [0.4, 0.5) is 0 Å². The van der Waals surface area contributed by atoms with Gasteiger partial charge in [0.15, 0.2) is 0 Å². The van der Waals surface area contributed by atoms with E-state index >= 15 is 0 Å². The third-order valence-corrected chi connectivity index (χ3v) is 13.2. The number of ether oxygens (including phenoxy) is 1. The van der Waals surface area contributed by atoms with Crippen LogP contribution in [0.15, 0.2) is 0 Å². The standard InChI is InChI=1S/C55H109NO5/c1-3-5-7-9-11-13-15-17-18-19-20-21-22-23-25-27-31-35-39-43-47-53(58)52(51-57)56-54(59)48-44-40-36-32-28-26-30-34-38-42-46-50-61-55(60)49-45-41-37-33-29-24-16-14-12-10-8-6-4-2/h52-53,57-58H,3-51H2,1-2H3,(H,56,59). The van der Waals surface area contributed by atoms with Gasteiger partial charge in [-0.1, -0.05) is 277 Å². The molecule has 0 bridgehead atoms. The highest BCUT2D eigenvalue weighted by molar-refractivity contribution is 5.76. The average molecular weight is 864 g/mol. The first-order valence-corrected chi connectivity index (χ1v) is 27.8. The van der Waals surface area contributed by atoms with Crippen LogP contribution >= 0.6 is 0 Å². The third-order valence-electron chi connectivity index (χ3n) is 13.2. The Hall–Kier alpha value is -1.14. The summed E-state index contributed by atoms with van der Waals surface area (Å²) in [4.78, 5) is 24.5. The molecule has 3 N–H and O–H groups in total. The van der Waals surface area contributed by atoms with Crippen molar-refractivity contribution in [3.8, 4) is 0 Å². The van der Waals surface area contributed by atoms with Gasteiger partial charge in [-0.2, -0.15) is 0 Å². The summed E-state index contributed by atoms with van der Waals surface area (Å²) in [6, 6.07) is -0.554. The maximum atomic E-state index is 12.5. The molecule has 0 aromatic heterocycles. The van der Waals surface area contributed by atoms with Gasteiger partial charge in [0, 0.05) is 12.8 Å². The van der Waals surface area contributed by atoms with Gasteiger partial charge in [-0.3, -0.25) is 9.59 Å². The lowest BCUT2D eigenvalue weighted by Gasteiger charge is -2.22. The fraction of sp³-hybridized carbons (Fsp3) is 0.964. The quantitative estimate of drug-likeness (QED) is 0.0418. The van der Waals surface area contributed by atoms with Gasteiger partial charge in [-0.05, 0) is 25.7 Å². The van der Waals surface area contributed by atoms with E-state index in [0.717, 1.165) is 57.8 Å². The van der Waals surface area contributed by atoms with Crippen molar-refractivity contribution >= 4 is 11.9 Å². The molecule has 0 aliphatic heterocycles. The van der Waals surface area contributed by atoms with E-state index in [2.05, 4.69) is 19.2 Å². The summed E-state index contributed by atoms with van der Waals surface area (Å²) in [5.74, 6) is -0.0607. The van der Waals surface area contributed by atoms with Crippen molar-refractivity contribution in [1.82, 2.24) is 5.32 Å². The van der Waals surface area contributed by atoms with Gasteiger partial charge in [0.25, 0.3) is 0 Å². The molecule has 0 saturated carbocycles. The van der Waals surface area contributed by atoms with Crippen LogP contribution in [-0.2, 0) is 14.3 Å². The fourth-order valence-electron chi connectivity index (χ4n) is 8.88. The molecule has 0 rings (SSSR count). The second-order valence-corrected chi connectivity index (χ2v) is 19.3. The zero-order valence-corrected chi connectivity index (χ0v) is 41.4. The highest BCUT2D eigenvalue weighted by atomic mass is 16.5. The van der Waals surface area contributed by atoms with Crippen LogP contribution in [0.3, 0.4) is 0 Å². The van der Waals surface area contributed by atoms with E-state index in [0.29, 0.717) is 25.9 Å². The number of hydrogen-bond acceptors (Lipinski definition) is 5. The number of aliphatic hydroxyl groups is 2. The van der Waals surface area contributed by atoms with E-state index in [4.69, 9.17) is 4.74 Å². The van der Waals surface area contributed by atoms with Crippen LogP contribution in [0.25, 0.3) is 0 Å². The molecule has 2 atom stereocenters. The monoisotopic (exact) mass is 864 g/mol. The first-order chi connectivity index (χ1) is 30.0. The number of carbonyl (C=O) groups is 2. The van der Waals surface area contributed by atoms with Gasteiger partial charge in [-0.15, -0.1) is 0 Å². The first-order valence-electron chi connectivity index (χ1n) is 27.8. The number of aliphatic hydroxyl groups excluding tert-OH is 2. The van der Waals surface area contributed by atoms with Crippen molar-refractivity contribution < 1.29 is 24.5 Å². The van der Waals surface area contributed by atoms with E-state index in [1.807, 2.05) is 0 Å². The van der Waals surface area contributed by atoms with Crippen LogP contribution in [0, 0.1) is 0 Å². The molecule has 6 heteroatoms. The Morgan fingerprint density at radius 3 is 1.00 bits per heavy atom. The Labute approximate surface area is 381 Å². The van der Waals surface area contributed by atoms with Gasteiger partial charge in [0.2, 0.25) is 5.91 Å².